The van der Waals surface area contributed by atoms with Gasteiger partial charge in [-0.1, -0.05) is 0 Å². The van der Waals surface area contributed by atoms with Gasteiger partial charge in [0.05, 0.1) is 11.9 Å². The van der Waals surface area contributed by atoms with Crippen LogP contribution in [-0.4, -0.2) is 22.6 Å². The van der Waals surface area contributed by atoms with Crippen LogP contribution in [0.5, 0.6) is 0 Å². The number of aromatic nitrogens is 2. The van der Waals surface area contributed by atoms with Gasteiger partial charge in [-0.15, -0.1) is 0 Å². The van der Waals surface area contributed by atoms with Gasteiger partial charge in [-0.3, -0.25) is 0 Å². The molecule has 3 rings (SSSR count). The molecule has 2 aromatic rings. The maximum atomic E-state index is 13.3. The van der Waals surface area contributed by atoms with Gasteiger partial charge in [-0.2, -0.15) is 0 Å². The van der Waals surface area contributed by atoms with Gasteiger partial charge >= 0.3 is 0 Å². The van der Waals surface area contributed by atoms with Crippen molar-refractivity contribution >= 4 is 0 Å². The van der Waals surface area contributed by atoms with Crippen molar-refractivity contribution in [3.05, 3.63) is 41.9 Å². The molecule has 0 saturated carbocycles. The van der Waals surface area contributed by atoms with Crippen molar-refractivity contribution < 1.29 is 8.78 Å². The van der Waals surface area contributed by atoms with E-state index in [0.717, 1.165) is 43.5 Å². The summed E-state index contributed by atoms with van der Waals surface area (Å²) >= 11 is 0. The summed E-state index contributed by atoms with van der Waals surface area (Å²) in [5.74, 6) is 0.272. The van der Waals surface area contributed by atoms with Crippen molar-refractivity contribution in [1.82, 2.24) is 14.9 Å². The van der Waals surface area contributed by atoms with Crippen LogP contribution in [0.1, 0.15) is 24.6 Å². The van der Waals surface area contributed by atoms with Crippen LogP contribution >= 0.6 is 0 Å². The first-order valence-electron chi connectivity index (χ1n) is 6.84. The Labute approximate surface area is 116 Å². The molecule has 106 valence electrons. The van der Waals surface area contributed by atoms with Gasteiger partial charge < -0.3 is 9.88 Å². The zero-order valence-corrected chi connectivity index (χ0v) is 11.4. The lowest BCUT2D eigenvalue weighted by Gasteiger charge is -2.22. The monoisotopic (exact) mass is 277 g/mol. The topological polar surface area (TPSA) is 29.9 Å². The van der Waals surface area contributed by atoms with E-state index in [-0.39, 0.29) is 0 Å². The first kappa shape index (κ1) is 13.2. The van der Waals surface area contributed by atoms with Gasteiger partial charge in [0, 0.05) is 24.6 Å². The van der Waals surface area contributed by atoms with Gasteiger partial charge in [0.2, 0.25) is 0 Å². The Hall–Kier alpha value is -1.75. The summed E-state index contributed by atoms with van der Waals surface area (Å²) in [7, 11) is 1.91. The Kier molecular flexibility index (Phi) is 3.53. The van der Waals surface area contributed by atoms with E-state index in [4.69, 9.17) is 0 Å². The van der Waals surface area contributed by atoms with E-state index in [9.17, 15) is 8.78 Å². The lowest BCUT2D eigenvalue weighted by molar-refractivity contribution is 0.437. The molecule has 0 amide bonds. The zero-order chi connectivity index (χ0) is 14.1. The summed E-state index contributed by atoms with van der Waals surface area (Å²) in [6.07, 6.45) is 3.79. The van der Waals surface area contributed by atoms with Gasteiger partial charge in [0.15, 0.2) is 0 Å². The highest BCUT2D eigenvalue weighted by atomic mass is 19.1. The summed E-state index contributed by atoms with van der Waals surface area (Å²) in [6, 6.07) is 3.56. The van der Waals surface area contributed by atoms with E-state index in [2.05, 4.69) is 10.3 Å². The summed E-state index contributed by atoms with van der Waals surface area (Å²) in [4.78, 5) is 4.47. The highest BCUT2D eigenvalue weighted by Crippen LogP contribution is 2.28. The van der Waals surface area contributed by atoms with E-state index in [1.54, 1.807) is 6.20 Å². The first-order valence-corrected chi connectivity index (χ1v) is 6.84. The quantitative estimate of drug-likeness (QED) is 0.914. The van der Waals surface area contributed by atoms with Crippen molar-refractivity contribution in [2.75, 3.05) is 13.1 Å². The predicted molar refractivity (Wildman–Crippen MR) is 73.4 cm³/mol. The van der Waals surface area contributed by atoms with Gasteiger partial charge in [0.1, 0.15) is 17.5 Å². The molecular formula is C15H17F2N3. The minimum atomic E-state index is -0.565. The molecule has 0 spiro atoms. The number of benzene rings is 1. The molecule has 3 nitrogen and oxygen atoms in total. The van der Waals surface area contributed by atoms with Gasteiger partial charge in [0.25, 0.3) is 0 Å². The molecule has 1 fully saturated rings. The fourth-order valence-corrected chi connectivity index (χ4v) is 2.85. The Morgan fingerprint density at radius 3 is 2.45 bits per heavy atom. The highest BCUT2D eigenvalue weighted by Gasteiger charge is 2.21. The second kappa shape index (κ2) is 5.32. The van der Waals surface area contributed by atoms with E-state index >= 15 is 0 Å². The third-order valence-corrected chi connectivity index (χ3v) is 3.89. The standard InChI is InChI=1S/C15H17F2N3/c1-20-14(11-6-12(16)8-13(17)7-11)9-19-15(20)10-2-4-18-5-3-10/h6-10,18H,2-5H2,1H3. The molecule has 1 aliphatic rings. The summed E-state index contributed by atoms with van der Waals surface area (Å²) < 4.78 is 28.6. The van der Waals surface area contributed by atoms with Crippen molar-refractivity contribution in [3.8, 4) is 11.3 Å². The van der Waals surface area contributed by atoms with Crippen LogP contribution in [0.2, 0.25) is 0 Å². The summed E-state index contributed by atoms with van der Waals surface area (Å²) in [5, 5.41) is 3.32. The fourth-order valence-electron chi connectivity index (χ4n) is 2.85. The molecule has 1 N–H and O–H groups in total. The average Bonchev–Trinajstić information content (AvgIpc) is 2.80. The largest absolute Gasteiger partial charge is 0.331 e. The molecule has 0 aliphatic carbocycles. The highest BCUT2D eigenvalue weighted by molar-refractivity contribution is 5.59. The molecule has 0 bridgehead atoms. The average molecular weight is 277 g/mol. The lowest BCUT2D eigenvalue weighted by Crippen LogP contribution is -2.27. The molecule has 1 saturated heterocycles. The molecule has 2 heterocycles. The fraction of sp³-hybridized carbons (Fsp3) is 0.400. The second-order valence-corrected chi connectivity index (χ2v) is 5.24. The van der Waals surface area contributed by atoms with Gasteiger partial charge in [-0.05, 0) is 38.1 Å². The van der Waals surface area contributed by atoms with Crippen molar-refractivity contribution in [2.24, 2.45) is 7.05 Å². The van der Waals surface area contributed by atoms with Gasteiger partial charge in [-0.25, -0.2) is 13.8 Å². The number of nitrogens with one attached hydrogen (secondary N) is 1. The molecule has 1 aromatic heterocycles. The Morgan fingerprint density at radius 1 is 1.15 bits per heavy atom. The Balaban J connectivity index is 1.96. The number of piperidine rings is 1. The Morgan fingerprint density at radius 2 is 1.80 bits per heavy atom. The molecule has 1 aromatic carbocycles. The second-order valence-electron chi connectivity index (χ2n) is 5.24. The van der Waals surface area contributed by atoms with Crippen LogP contribution in [-0.2, 0) is 7.05 Å². The molecule has 0 radical (unpaired) electrons. The SMILES string of the molecule is Cn1c(-c2cc(F)cc(F)c2)cnc1C1CCNCC1. The lowest BCUT2D eigenvalue weighted by atomic mass is 9.97. The number of halogens is 2. The van der Waals surface area contributed by atoms with Crippen molar-refractivity contribution in [3.63, 3.8) is 0 Å². The van der Waals surface area contributed by atoms with E-state index in [0.29, 0.717) is 11.5 Å². The molecule has 0 unspecified atom stereocenters. The first-order chi connectivity index (χ1) is 9.65. The number of hydrogen-bond donors (Lipinski definition) is 1. The van der Waals surface area contributed by atoms with Crippen molar-refractivity contribution in [2.45, 2.75) is 18.8 Å². The van der Waals surface area contributed by atoms with Crippen LogP contribution < -0.4 is 5.32 Å². The molecule has 0 atom stereocenters. The van der Waals surface area contributed by atoms with E-state index in [1.807, 2.05) is 11.6 Å². The molecular weight excluding hydrogens is 260 g/mol. The summed E-state index contributed by atoms with van der Waals surface area (Å²) in [5.41, 5.74) is 1.27. The number of rotatable bonds is 2. The van der Waals surface area contributed by atoms with Crippen LogP contribution in [0.3, 0.4) is 0 Å². The number of imidazole rings is 1. The van der Waals surface area contributed by atoms with Crippen LogP contribution in [0.4, 0.5) is 8.78 Å². The minimum Gasteiger partial charge on any atom is -0.331 e. The maximum absolute atomic E-state index is 13.3. The molecule has 1 aliphatic heterocycles. The maximum Gasteiger partial charge on any atom is 0.126 e. The minimum absolute atomic E-state index is 0.411. The van der Waals surface area contributed by atoms with Crippen LogP contribution in [0.25, 0.3) is 11.3 Å². The zero-order valence-electron chi connectivity index (χ0n) is 11.4. The van der Waals surface area contributed by atoms with Crippen molar-refractivity contribution in [1.29, 1.82) is 0 Å². The van der Waals surface area contributed by atoms with Crippen LogP contribution in [0, 0.1) is 11.6 Å². The third kappa shape index (κ3) is 2.45. The number of nitrogens with zero attached hydrogens (tertiary/aromatic N) is 2. The predicted octanol–water partition coefficient (Wildman–Crippen LogP) is 2.83. The third-order valence-electron chi connectivity index (χ3n) is 3.89. The molecule has 20 heavy (non-hydrogen) atoms. The smallest absolute Gasteiger partial charge is 0.126 e. The Bertz CT molecular complexity index is 595. The number of hydrogen-bond acceptors (Lipinski definition) is 2. The van der Waals surface area contributed by atoms with E-state index in [1.165, 1.54) is 12.1 Å². The molecule has 5 heteroatoms. The van der Waals surface area contributed by atoms with E-state index < -0.39 is 11.6 Å². The normalized spacial score (nSPS) is 16.6. The summed E-state index contributed by atoms with van der Waals surface area (Å²) in [6.45, 7) is 1.98. The van der Waals surface area contributed by atoms with Crippen LogP contribution in [0.15, 0.2) is 24.4 Å².